The molecule has 1 saturated carbocycles. The number of nitrogens with one attached hydrogen (secondary N) is 1. The lowest BCUT2D eigenvalue weighted by Crippen LogP contribution is -2.45. The Hall–Kier alpha value is -3.35. The second-order valence-electron chi connectivity index (χ2n) is 9.96. The molecule has 7 heteroatoms. The number of amides is 2. The second kappa shape index (κ2) is 10.1. The molecule has 2 amide bonds. The van der Waals surface area contributed by atoms with E-state index in [9.17, 15) is 14.4 Å². The zero-order chi connectivity index (χ0) is 24.4. The molecule has 35 heavy (non-hydrogen) atoms. The highest BCUT2D eigenvalue weighted by Crippen LogP contribution is 2.44. The highest BCUT2D eigenvalue weighted by Gasteiger charge is 2.37. The van der Waals surface area contributed by atoms with Crippen LogP contribution >= 0.6 is 0 Å². The Labute approximate surface area is 205 Å². The van der Waals surface area contributed by atoms with Crippen LogP contribution in [0.1, 0.15) is 62.0 Å². The van der Waals surface area contributed by atoms with Crippen LogP contribution in [0.25, 0.3) is 11.1 Å². The van der Waals surface area contributed by atoms with Crippen molar-refractivity contribution in [2.45, 2.75) is 62.9 Å². The van der Waals surface area contributed by atoms with Gasteiger partial charge in [-0.2, -0.15) is 0 Å². The maximum absolute atomic E-state index is 13.1. The molecule has 5 rings (SSSR count). The van der Waals surface area contributed by atoms with Gasteiger partial charge in [0.25, 0.3) is 0 Å². The molecule has 7 nitrogen and oxygen atoms in total. The third kappa shape index (κ3) is 4.90. The van der Waals surface area contributed by atoms with Crippen molar-refractivity contribution in [2.75, 3.05) is 13.2 Å². The maximum Gasteiger partial charge on any atom is 0.407 e. The molecule has 2 fully saturated rings. The van der Waals surface area contributed by atoms with E-state index in [1.807, 2.05) is 24.3 Å². The number of carboxylic acids is 1. The van der Waals surface area contributed by atoms with Gasteiger partial charge in [0.05, 0.1) is 6.42 Å². The molecule has 2 aromatic carbocycles. The minimum atomic E-state index is -0.867. The third-order valence-corrected chi connectivity index (χ3v) is 7.76. The first kappa shape index (κ1) is 23.4. The van der Waals surface area contributed by atoms with Crippen molar-refractivity contribution in [3.05, 3.63) is 59.7 Å². The minimum Gasteiger partial charge on any atom is -0.481 e. The highest BCUT2D eigenvalue weighted by atomic mass is 16.5. The topological polar surface area (TPSA) is 95.9 Å². The van der Waals surface area contributed by atoms with Crippen LogP contribution < -0.4 is 5.32 Å². The predicted octanol–water partition coefficient (Wildman–Crippen LogP) is 4.55. The van der Waals surface area contributed by atoms with Gasteiger partial charge in [0.2, 0.25) is 5.91 Å². The van der Waals surface area contributed by atoms with Crippen LogP contribution in [-0.2, 0) is 14.3 Å². The molecule has 0 spiro atoms. The molecular weight excluding hydrogens is 444 g/mol. The number of hydrogen-bond donors (Lipinski definition) is 2. The smallest absolute Gasteiger partial charge is 0.407 e. The van der Waals surface area contributed by atoms with E-state index in [1.54, 1.807) is 4.90 Å². The number of rotatable bonds is 6. The van der Waals surface area contributed by atoms with Crippen molar-refractivity contribution in [3.8, 4) is 11.1 Å². The zero-order valence-corrected chi connectivity index (χ0v) is 19.8. The number of aliphatic carboxylic acids is 1. The van der Waals surface area contributed by atoms with Gasteiger partial charge in [-0.1, -0.05) is 55.0 Å². The molecule has 0 radical (unpaired) electrons. The summed E-state index contributed by atoms with van der Waals surface area (Å²) in [4.78, 5) is 38.8. The number of ether oxygens (including phenoxy) is 1. The first-order valence-corrected chi connectivity index (χ1v) is 12.6. The summed E-state index contributed by atoms with van der Waals surface area (Å²) in [7, 11) is 0. The Morgan fingerprint density at radius 2 is 1.63 bits per heavy atom. The predicted molar refractivity (Wildman–Crippen MR) is 131 cm³/mol. The molecule has 1 saturated heterocycles. The molecule has 0 aromatic heterocycles. The number of carbonyl (C=O) groups excluding carboxylic acids is 2. The van der Waals surface area contributed by atoms with E-state index >= 15 is 0 Å². The Bertz CT molecular complexity index is 1070. The second-order valence-corrected chi connectivity index (χ2v) is 9.96. The summed E-state index contributed by atoms with van der Waals surface area (Å²) in [5.74, 6) is -1.01. The fourth-order valence-electron chi connectivity index (χ4n) is 6.13. The first-order valence-electron chi connectivity index (χ1n) is 12.6. The summed E-state index contributed by atoms with van der Waals surface area (Å²) in [5, 5.41) is 12.1. The van der Waals surface area contributed by atoms with E-state index < -0.39 is 12.1 Å². The van der Waals surface area contributed by atoms with E-state index in [1.165, 1.54) is 22.3 Å². The minimum absolute atomic E-state index is 0.000111. The van der Waals surface area contributed by atoms with E-state index in [-0.39, 0.29) is 42.9 Å². The van der Waals surface area contributed by atoms with Gasteiger partial charge >= 0.3 is 12.1 Å². The number of alkyl carbamates (subject to hydrolysis) is 1. The van der Waals surface area contributed by atoms with Crippen molar-refractivity contribution >= 4 is 18.0 Å². The number of nitrogens with zero attached hydrogens (tertiary/aromatic N) is 1. The van der Waals surface area contributed by atoms with Gasteiger partial charge in [0.1, 0.15) is 6.61 Å². The molecule has 1 unspecified atom stereocenters. The summed E-state index contributed by atoms with van der Waals surface area (Å²) in [6.45, 7) is 0.886. The number of carboxylic acid groups (broad SMARTS) is 1. The quantitative estimate of drug-likeness (QED) is 0.638. The SMILES string of the molecule is O=C(O)CC1CCCN1C(=O)[C@@H]1CCC[C@H](NC(=O)OCC2c3ccccc3-c3ccccc32)C1. The number of carbonyl (C=O) groups is 3. The molecule has 2 aromatic rings. The monoisotopic (exact) mass is 476 g/mol. The molecule has 1 heterocycles. The summed E-state index contributed by atoms with van der Waals surface area (Å²) in [6.07, 6.45) is 4.14. The summed E-state index contributed by atoms with van der Waals surface area (Å²) < 4.78 is 5.69. The van der Waals surface area contributed by atoms with Gasteiger partial charge in [-0.25, -0.2) is 4.79 Å². The lowest BCUT2D eigenvalue weighted by Gasteiger charge is -2.33. The van der Waals surface area contributed by atoms with E-state index in [4.69, 9.17) is 9.84 Å². The number of fused-ring (bicyclic) bond motifs is 3. The van der Waals surface area contributed by atoms with Crippen LogP contribution in [-0.4, -0.2) is 53.2 Å². The molecule has 1 aliphatic heterocycles. The maximum atomic E-state index is 13.1. The van der Waals surface area contributed by atoms with Crippen molar-refractivity contribution in [3.63, 3.8) is 0 Å². The summed E-state index contributed by atoms with van der Waals surface area (Å²) in [5.41, 5.74) is 4.72. The largest absolute Gasteiger partial charge is 0.481 e. The average Bonchev–Trinajstić information content (AvgIpc) is 3.44. The fraction of sp³-hybridized carbons (Fsp3) is 0.464. The summed E-state index contributed by atoms with van der Waals surface area (Å²) >= 11 is 0. The van der Waals surface area contributed by atoms with Crippen molar-refractivity contribution < 1.29 is 24.2 Å². The Kier molecular flexibility index (Phi) is 6.75. The molecular formula is C28H32N2O5. The molecule has 3 aliphatic rings. The van der Waals surface area contributed by atoms with Crippen LogP contribution in [0.4, 0.5) is 4.79 Å². The van der Waals surface area contributed by atoms with Gasteiger partial charge in [-0.3, -0.25) is 9.59 Å². The van der Waals surface area contributed by atoms with Crippen molar-refractivity contribution in [2.24, 2.45) is 5.92 Å². The number of hydrogen-bond acceptors (Lipinski definition) is 4. The molecule has 2 aliphatic carbocycles. The van der Waals surface area contributed by atoms with Gasteiger partial charge < -0.3 is 20.1 Å². The molecule has 0 bridgehead atoms. The van der Waals surface area contributed by atoms with Crippen LogP contribution in [0.2, 0.25) is 0 Å². The van der Waals surface area contributed by atoms with Gasteiger partial charge in [-0.05, 0) is 54.4 Å². The first-order chi connectivity index (χ1) is 17.0. The Balaban J connectivity index is 1.17. The number of benzene rings is 2. The molecule has 184 valence electrons. The van der Waals surface area contributed by atoms with Gasteiger partial charge in [-0.15, -0.1) is 0 Å². The average molecular weight is 477 g/mol. The molecule has 2 N–H and O–H groups in total. The van der Waals surface area contributed by atoms with Crippen molar-refractivity contribution in [1.82, 2.24) is 10.2 Å². The highest BCUT2D eigenvalue weighted by molar-refractivity contribution is 5.81. The van der Waals surface area contributed by atoms with Gasteiger partial charge in [0, 0.05) is 30.5 Å². The lowest BCUT2D eigenvalue weighted by molar-refractivity contribution is -0.142. The van der Waals surface area contributed by atoms with Crippen LogP contribution in [0, 0.1) is 5.92 Å². The normalized spacial score (nSPS) is 23.4. The zero-order valence-electron chi connectivity index (χ0n) is 19.8. The van der Waals surface area contributed by atoms with Gasteiger partial charge in [0.15, 0.2) is 0 Å². The lowest BCUT2D eigenvalue weighted by atomic mass is 9.84. The van der Waals surface area contributed by atoms with Crippen LogP contribution in [0.3, 0.4) is 0 Å². The molecule has 3 atom stereocenters. The van der Waals surface area contributed by atoms with Crippen LogP contribution in [0.15, 0.2) is 48.5 Å². The standard InChI is InChI=1S/C28H32N2O5/c31-26(32)16-20-9-6-14-30(20)27(33)18-7-5-8-19(15-18)29-28(34)35-17-25-23-12-3-1-10-21(23)22-11-2-4-13-24(22)25/h1-4,10-13,18-20,25H,5-9,14-17H2,(H,29,34)(H,31,32)/t18-,19+,20?/m1/s1. The van der Waals surface area contributed by atoms with Crippen molar-refractivity contribution in [1.29, 1.82) is 0 Å². The Morgan fingerprint density at radius 1 is 0.943 bits per heavy atom. The fourth-order valence-corrected chi connectivity index (χ4v) is 6.13. The van der Waals surface area contributed by atoms with E-state index in [0.717, 1.165) is 32.1 Å². The number of likely N-dealkylation sites (tertiary alicyclic amines) is 1. The van der Waals surface area contributed by atoms with Crippen LogP contribution in [0.5, 0.6) is 0 Å². The summed E-state index contributed by atoms with van der Waals surface area (Å²) in [6, 6.07) is 16.1. The third-order valence-electron chi connectivity index (χ3n) is 7.76. The van der Waals surface area contributed by atoms with E-state index in [2.05, 4.69) is 29.6 Å². The van der Waals surface area contributed by atoms with E-state index in [0.29, 0.717) is 13.0 Å². The Morgan fingerprint density at radius 3 is 2.31 bits per heavy atom.